The van der Waals surface area contributed by atoms with Gasteiger partial charge in [-0.15, -0.1) is 0 Å². The van der Waals surface area contributed by atoms with Crippen LogP contribution in [0.5, 0.6) is 0 Å². The molecule has 122 valence electrons. The van der Waals surface area contributed by atoms with Crippen LogP contribution in [0.1, 0.15) is 23.0 Å². The van der Waals surface area contributed by atoms with Crippen LogP contribution in [0.15, 0.2) is 41.3 Å². The minimum Gasteiger partial charge on any atom is -0.461 e. The van der Waals surface area contributed by atoms with E-state index in [9.17, 15) is 14.0 Å². The molecule has 0 amide bonds. The van der Waals surface area contributed by atoms with Crippen molar-refractivity contribution < 1.29 is 13.9 Å². The molecule has 2 heterocycles. The van der Waals surface area contributed by atoms with Gasteiger partial charge >= 0.3 is 5.97 Å². The van der Waals surface area contributed by atoms with Crippen LogP contribution in [0.4, 0.5) is 4.39 Å². The van der Waals surface area contributed by atoms with Crippen molar-refractivity contribution in [2.45, 2.75) is 13.8 Å². The van der Waals surface area contributed by atoms with E-state index in [1.807, 2.05) is 0 Å². The van der Waals surface area contributed by atoms with Crippen molar-refractivity contribution >= 4 is 17.1 Å². The normalized spacial score (nSPS) is 10.8. The summed E-state index contributed by atoms with van der Waals surface area (Å²) in [5.41, 5.74) is 0.213. The first-order valence-electron chi connectivity index (χ1n) is 7.34. The first kappa shape index (κ1) is 15.8. The molecule has 0 saturated heterocycles. The number of fused-ring (bicyclic) bond motifs is 1. The van der Waals surface area contributed by atoms with Gasteiger partial charge < -0.3 is 4.74 Å². The van der Waals surface area contributed by atoms with Gasteiger partial charge in [0, 0.05) is 6.20 Å². The van der Waals surface area contributed by atoms with Gasteiger partial charge in [-0.05, 0) is 43.7 Å². The molecule has 24 heavy (non-hydrogen) atoms. The molecular formula is C17H14FN3O3. The Morgan fingerprint density at radius 2 is 2.12 bits per heavy atom. The zero-order valence-electron chi connectivity index (χ0n) is 13.1. The maximum Gasteiger partial charge on any atom is 0.362 e. The summed E-state index contributed by atoms with van der Waals surface area (Å²) >= 11 is 0. The number of rotatable bonds is 3. The molecule has 7 heteroatoms. The lowest BCUT2D eigenvalue weighted by atomic mass is 10.2. The van der Waals surface area contributed by atoms with Crippen molar-refractivity contribution in [1.29, 1.82) is 0 Å². The Labute approximate surface area is 136 Å². The summed E-state index contributed by atoms with van der Waals surface area (Å²) in [5, 5.41) is 0. The zero-order chi connectivity index (χ0) is 17.3. The molecule has 0 aliphatic rings. The third-order valence-corrected chi connectivity index (χ3v) is 3.50. The minimum atomic E-state index is -0.824. The number of carbonyl (C=O) groups excluding carboxylic acids is 1. The van der Waals surface area contributed by atoms with E-state index < -0.39 is 17.3 Å². The van der Waals surface area contributed by atoms with Gasteiger partial charge in [0.25, 0.3) is 5.56 Å². The second kappa shape index (κ2) is 6.19. The number of aryl methyl sites for hydroxylation is 1. The fourth-order valence-corrected chi connectivity index (χ4v) is 2.31. The summed E-state index contributed by atoms with van der Waals surface area (Å²) in [6.45, 7) is 3.37. The molecular weight excluding hydrogens is 313 g/mol. The minimum absolute atomic E-state index is 0.115. The Morgan fingerprint density at radius 3 is 2.83 bits per heavy atom. The Balaban J connectivity index is 2.36. The highest BCUT2D eigenvalue weighted by molar-refractivity contribution is 5.89. The summed E-state index contributed by atoms with van der Waals surface area (Å²) in [4.78, 5) is 33.0. The first-order valence-corrected chi connectivity index (χ1v) is 7.34. The lowest BCUT2D eigenvalue weighted by molar-refractivity contribution is 0.0517. The van der Waals surface area contributed by atoms with Gasteiger partial charge in [0.1, 0.15) is 11.3 Å². The van der Waals surface area contributed by atoms with Crippen LogP contribution in [0.25, 0.3) is 16.9 Å². The van der Waals surface area contributed by atoms with E-state index in [1.54, 1.807) is 38.1 Å². The number of carbonyl (C=O) groups is 1. The lowest BCUT2D eigenvalue weighted by Crippen LogP contribution is -2.29. The van der Waals surface area contributed by atoms with Crippen LogP contribution < -0.4 is 5.56 Å². The molecule has 0 saturated carbocycles. The standard InChI is InChI=1S/C17H14FN3O3/c1-3-24-17(23)14-16(22)21(11-7-6-10(2)12(18)9-11)15-13(20-14)5-4-8-19-15/h4-9H,3H2,1-2H3. The monoisotopic (exact) mass is 327 g/mol. The van der Waals surface area contributed by atoms with Crippen LogP contribution in [-0.2, 0) is 4.74 Å². The van der Waals surface area contributed by atoms with E-state index in [0.717, 1.165) is 4.57 Å². The van der Waals surface area contributed by atoms with Gasteiger partial charge in [0.05, 0.1) is 12.3 Å². The van der Waals surface area contributed by atoms with Crippen molar-refractivity contribution in [2.75, 3.05) is 6.61 Å². The zero-order valence-corrected chi connectivity index (χ0v) is 13.1. The van der Waals surface area contributed by atoms with Crippen molar-refractivity contribution in [3.05, 3.63) is 64.0 Å². The van der Waals surface area contributed by atoms with Crippen molar-refractivity contribution in [3.63, 3.8) is 0 Å². The van der Waals surface area contributed by atoms with Gasteiger partial charge in [-0.2, -0.15) is 0 Å². The van der Waals surface area contributed by atoms with Gasteiger partial charge in [-0.1, -0.05) is 6.07 Å². The Bertz CT molecular complexity index is 998. The van der Waals surface area contributed by atoms with Crippen molar-refractivity contribution in [1.82, 2.24) is 14.5 Å². The Morgan fingerprint density at radius 1 is 1.33 bits per heavy atom. The van der Waals surface area contributed by atoms with E-state index in [2.05, 4.69) is 9.97 Å². The van der Waals surface area contributed by atoms with Gasteiger partial charge in [-0.3, -0.25) is 9.36 Å². The molecule has 6 nitrogen and oxygen atoms in total. The molecule has 3 rings (SSSR count). The molecule has 0 aliphatic heterocycles. The van der Waals surface area contributed by atoms with Crippen LogP contribution in [0.2, 0.25) is 0 Å². The number of pyridine rings is 1. The summed E-state index contributed by atoms with van der Waals surface area (Å²) in [6.07, 6.45) is 1.49. The lowest BCUT2D eigenvalue weighted by Gasteiger charge is -2.11. The molecule has 3 aromatic rings. The molecule has 0 radical (unpaired) electrons. The molecule has 0 unspecified atom stereocenters. The summed E-state index contributed by atoms with van der Waals surface area (Å²) < 4.78 is 20.0. The van der Waals surface area contributed by atoms with E-state index in [4.69, 9.17) is 4.74 Å². The second-order valence-electron chi connectivity index (χ2n) is 5.10. The fraction of sp³-hybridized carbons (Fsp3) is 0.176. The molecule has 0 N–H and O–H groups in total. The number of ether oxygens (including phenoxy) is 1. The molecule has 2 aromatic heterocycles. The number of nitrogens with zero attached hydrogens (tertiary/aromatic N) is 3. The quantitative estimate of drug-likeness (QED) is 0.691. The summed E-state index contributed by atoms with van der Waals surface area (Å²) in [6, 6.07) is 7.61. The van der Waals surface area contributed by atoms with Crippen LogP contribution in [0.3, 0.4) is 0 Å². The maximum absolute atomic E-state index is 13.9. The summed E-state index contributed by atoms with van der Waals surface area (Å²) in [5.74, 6) is -1.28. The van der Waals surface area contributed by atoms with E-state index in [0.29, 0.717) is 11.1 Å². The van der Waals surface area contributed by atoms with Crippen molar-refractivity contribution in [3.8, 4) is 5.69 Å². The number of hydrogen-bond acceptors (Lipinski definition) is 5. The molecule has 0 spiro atoms. The number of hydrogen-bond donors (Lipinski definition) is 0. The van der Waals surface area contributed by atoms with Gasteiger partial charge in [0.15, 0.2) is 5.65 Å². The third kappa shape index (κ3) is 2.64. The first-order chi connectivity index (χ1) is 11.5. The number of benzene rings is 1. The largest absolute Gasteiger partial charge is 0.461 e. The topological polar surface area (TPSA) is 74.1 Å². The Hall–Kier alpha value is -3.09. The average Bonchev–Trinajstić information content (AvgIpc) is 2.57. The summed E-state index contributed by atoms with van der Waals surface area (Å²) in [7, 11) is 0. The molecule has 0 aliphatic carbocycles. The molecule has 0 fully saturated rings. The third-order valence-electron chi connectivity index (χ3n) is 3.50. The van der Waals surface area contributed by atoms with E-state index >= 15 is 0 Å². The highest BCUT2D eigenvalue weighted by Gasteiger charge is 2.20. The average molecular weight is 327 g/mol. The number of aromatic nitrogens is 3. The van der Waals surface area contributed by atoms with E-state index in [-0.39, 0.29) is 23.6 Å². The second-order valence-corrected chi connectivity index (χ2v) is 5.10. The maximum atomic E-state index is 13.9. The SMILES string of the molecule is CCOC(=O)c1nc2cccnc2n(-c2ccc(C)c(F)c2)c1=O. The number of esters is 1. The van der Waals surface area contributed by atoms with Crippen LogP contribution >= 0.6 is 0 Å². The number of halogens is 1. The van der Waals surface area contributed by atoms with Crippen LogP contribution in [-0.4, -0.2) is 27.1 Å². The predicted octanol–water partition coefficient (Wildman–Crippen LogP) is 2.40. The van der Waals surface area contributed by atoms with Gasteiger partial charge in [0.2, 0.25) is 5.69 Å². The highest BCUT2D eigenvalue weighted by Crippen LogP contribution is 2.16. The predicted molar refractivity (Wildman–Crippen MR) is 85.8 cm³/mol. The van der Waals surface area contributed by atoms with Crippen molar-refractivity contribution in [2.24, 2.45) is 0 Å². The Kier molecular flexibility index (Phi) is 4.07. The molecule has 0 bridgehead atoms. The van der Waals surface area contributed by atoms with Crippen LogP contribution in [0, 0.1) is 12.7 Å². The molecule has 0 atom stereocenters. The van der Waals surface area contributed by atoms with E-state index in [1.165, 1.54) is 12.3 Å². The highest BCUT2D eigenvalue weighted by atomic mass is 19.1. The fourth-order valence-electron chi connectivity index (χ4n) is 2.31. The molecule has 1 aromatic carbocycles. The van der Waals surface area contributed by atoms with Gasteiger partial charge in [-0.25, -0.2) is 19.2 Å². The smallest absolute Gasteiger partial charge is 0.362 e.